The second-order valence-electron chi connectivity index (χ2n) is 4.52. The number of rotatable bonds is 2. The van der Waals surface area contributed by atoms with E-state index in [0.717, 1.165) is 12.1 Å². The minimum absolute atomic E-state index is 0.0216. The first-order valence-corrected chi connectivity index (χ1v) is 6.80. The SMILES string of the molecule is FC(F)(F)c1ccc(Cn2cnc3c(Cl)nc(Cl)nc32)cc1. The molecule has 0 aliphatic rings. The summed E-state index contributed by atoms with van der Waals surface area (Å²) in [5, 5.41) is 0.104. The fraction of sp³-hybridized carbons (Fsp3) is 0.154. The Morgan fingerprint density at radius 1 is 1.05 bits per heavy atom. The van der Waals surface area contributed by atoms with Gasteiger partial charge in [-0.3, -0.25) is 0 Å². The summed E-state index contributed by atoms with van der Waals surface area (Å²) in [7, 11) is 0. The van der Waals surface area contributed by atoms with Gasteiger partial charge in [0.2, 0.25) is 5.28 Å². The number of aromatic nitrogens is 4. The first kappa shape index (κ1) is 15.1. The smallest absolute Gasteiger partial charge is 0.311 e. The van der Waals surface area contributed by atoms with Crippen molar-refractivity contribution in [1.29, 1.82) is 0 Å². The van der Waals surface area contributed by atoms with Gasteiger partial charge in [-0.25, -0.2) is 9.97 Å². The van der Waals surface area contributed by atoms with Crippen molar-refractivity contribution in [1.82, 2.24) is 19.5 Å². The number of halogens is 5. The van der Waals surface area contributed by atoms with Gasteiger partial charge in [-0.05, 0) is 29.3 Å². The highest BCUT2D eigenvalue weighted by Gasteiger charge is 2.29. The van der Waals surface area contributed by atoms with Crippen LogP contribution in [0.2, 0.25) is 10.4 Å². The Hall–Kier alpha value is -1.86. The molecule has 0 N–H and O–H groups in total. The Labute approximate surface area is 132 Å². The molecule has 0 saturated carbocycles. The molecule has 0 aliphatic carbocycles. The van der Waals surface area contributed by atoms with E-state index in [0.29, 0.717) is 16.7 Å². The quantitative estimate of drug-likeness (QED) is 0.516. The summed E-state index contributed by atoms with van der Waals surface area (Å²) in [6, 6.07) is 4.87. The van der Waals surface area contributed by atoms with Crippen LogP contribution in [0.15, 0.2) is 30.6 Å². The second-order valence-corrected chi connectivity index (χ2v) is 5.22. The Bertz CT molecular complexity index is 828. The van der Waals surface area contributed by atoms with Crippen LogP contribution in [-0.2, 0) is 12.7 Å². The Morgan fingerprint density at radius 3 is 2.36 bits per heavy atom. The zero-order valence-electron chi connectivity index (χ0n) is 10.8. The lowest BCUT2D eigenvalue weighted by atomic mass is 10.1. The number of benzene rings is 1. The van der Waals surface area contributed by atoms with Crippen molar-refractivity contribution >= 4 is 34.4 Å². The Kier molecular flexibility index (Phi) is 3.70. The van der Waals surface area contributed by atoms with Gasteiger partial charge in [-0.15, -0.1) is 0 Å². The minimum Gasteiger partial charge on any atom is -0.311 e. The van der Waals surface area contributed by atoms with E-state index < -0.39 is 11.7 Å². The molecule has 2 aromatic heterocycles. The molecule has 0 unspecified atom stereocenters. The average molecular weight is 347 g/mol. The molecule has 0 saturated heterocycles. The summed E-state index contributed by atoms with van der Waals surface area (Å²) < 4.78 is 39.2. The lowest BCUT2D eigenvalue weighted by Crippen LogP contribution is -2.05. The van der Waals surface area contributed by atoms with E-state index in [1.165, 1.54) is 18.5 Å². The summed E-state index contributed by atoms with van der Waals surface area (Å²) in [5.41, 5.74) is 0.779. The lowest BCUT2D eigenvalue weighted by Gasteiger charge is -2.08. The molecule has 2 heterocycles. The molecule has 0 fully saturated rings. The maximum atomic E-state index is 12.5. The van der Waals surface area contributed by atoms with Gasteiger partial charge in [-0.2, -0.15) is 18.2 Å². The summed E-state index contributed by atoms with van der Waals surface area (Å²) in [6.07, 6.45) is -2.87. The van der Waals surface area contributed by atoms with Gasteiger partial charge < -0.3 is 4.57 Å². The van der Waals surface area contributed by atoms with Crippen LogP contribution in [0.3, 0.4) is 0 Å². The van der Waals surface area contributed by atoms with Crippen molar-refractivity contribution < 1.29 is 13.2 Å². The van der Waals surface area contributed by atoms with Gasteiger partial charge >= 0.3 is 6.18 Å². The van der Waals surface area contributed by atoms with Crippen LogP contribution in [-0.4, -0.2) is 19.5 Å². The van der Waals surface area contributed by atoms with E-state index in [4.69, 9.17) is 23.2 Å². The molecular weight excluding hydrogens is 340 g/mol. The number of hydrogen-bond donors (Lipinski definition) is 0. The molecule has 3 aromatic rings. The summed E-state index contributed by atoms with van der Waals surface area (Å²) in [5.74, 6) is 0. The third-order valence-corrected chi connectivity index (χ3v) is 3.46. The molecule has 114 valence electrons. The second kappa shape index (κ2) is 5.40. The van der Waals surface area contributed by atoms with E-state index in [9.17, 15) is 13.2 Å². The zero-order chi connectivity index (χ0) is 15.9. The van der Waals surface area contributed by atoms with Gasteiger partial charge in [-0.1, -0.05) is 23.7 Å². The third kappa shape index (κ3) is 2.86. The van der Waals surface area contributed by atoms with Crippen LogP contribution in [0.5, 0.6) is 0 Å². The van der Waals surface area contributed by atoms with Crippen molar-refractivity contribution in [2.75, 3.05) is 0 Å². The van der Waals surface area contributed by atoms with Crippen LogP contribution in [0.1, 0.15) is 11.1 Å². The maximum absolute atomic E-state index is 12.5. The van der Waals surface area contributed by atoms with E-state index in [-0.39, 0.29) is 17.0 Å². The van der Waals surface area contributed by atoms with Crippen LogP contribution in [0.25, 0.3) is 11.2 Å². The van der Waals surface area contributed by atoms with E-state index >= 15 is 0 Å². The standard InChI is InChI=1S/C13H7Cl2F3N4/c14-10-9-11(21-12(15)20-10)22(6-19-9)5-7-1-3-8(4-2-7)13(16,17)18/h1-4,6H,5H2. The van der Waals surface area contributed by atoms with Gasteiger partial charge in [0.15, 0.2) is 10.8 Å². The predicted octanol–water partition coefficient (Wildman–Crippen LogP) is 4.20. The van der Waals surface area contributed by atoms with Crippen molar-refractivity contribution in [3.05, 3.63) is 52.2 Å². The predicted molar refractivity (Wildman–Crippen MR) is 75.9 cm³/mol. The van der Waals surface area contributed by atoms with Gasteiger partial charge in [0.25, 0.3) is 0 Å². The van der Waals surface area contributed by atoms with Crippen LogP contribution >= 0.6 is 23.2 Å². The Balaban J connectivity index is 1.93. The first-order valence-electron chi connectivity index (χ1n) is 6.04. The summed E-state index contributed by atoms with van der Waals surface area (Å²) >= 11 is 11.7. The molecule has 0 aliphatic heterocycles. The fourth-order valence-corrected chi connectivity index (χ4v) is 2.42. The van der Waals surface area contributed by atoms with Crippen molar-refractivity contribution in [2.45, 2.75) is 12.7 Å². The van der Waals surface area contributed by atoms with Crippen LogP contribution in [0, 0.1) is 0 Å². The number of fused-ring (bicyclic) bond motifs is 1. The molecule has 22 heavy (non-hydrogen) atoms. The normalized spacial score (nSPS) is 12.0. The van der Waals surface area contributed by atoms with Crippen molar-refractivity contribution in [3.8, 4) is 0 Å². The molecule has 0 amide bonds. The fourth-order valence-electron chi connectivity index (χ4n) is 2.00. The highest BCUT2D eigenvalue weighted by atomic mass is 35.5. The molecular formula is C13H7Cl2F3N4. The van der Waals surface area contributed by atoms with E-state index in [2.05, 4.69) is 15.0 Å². The van der Waals surface area contributed by atoms with Gasteiger partial charge in [0.1, 0.15) is 5.52 Å². The molecule has 0 spiro atoms. The zero-order valence-corrected chi connectivity index (χ0v) is 12.3. The minimum atomic E-state index is -4.35. The molecule has 1 aromatic carbocycles. The van der Waals surface area contributed by atoms with E-state index in [1.807, 2.05) is 0 Å². The largest absolute Gasteiger partial charge is 0.416 e. The molecule has 0 bridgehead atoms. The van der Waals surface area contributed by atoms with Crippen molar-refractivity contribution in [2.24, 2.45) is 0 Å². The highest BCUT2D eigenvalue weighted by Crippen LogP contribution is 2.29. The molecule has 3 rings (SSSR count). The monoisotopic (exact) mass is 346 g/mol. The van der Waals surface area contributed by atoms with Gasteiger partial charge in [0.05, 0.1) is 18.4 Å². The van der Waals surface area contributed by atoms with Crippen LogP contribution < -0.4 is 0 Å². The topological polar surface area (TPSA) is 43.6 Å². The molecule has 0 radical (unpaired) electrons. The molecule has 9 heteroatoms. The summed E-state index contributed by atoms with van der Waals surface area (Å²) in [4.78, 5) is 11.9. The number of imidazole rings is 1. The summed E-state index contributed by atoms with van der Waals surface area (Å²) in [6.45, 7) is 0.290. The highest BCUT2D eigenvalue weighted by molar-refractivity contribution is 6.35. The van der Waals surface area contributed by atoms with Crippen LogP contribution in [0.4, 0.5) is 13.2 Å². The maximum Gasteiger partial charge on any atom is 0.416 e. The molecule has 0 atom stereocenters. The Morgan fingerprint density at radius 2 is 1.73 bits per heavy atom. The number of nitrogens with zero attached hydrogens (tertiary/aromatic N) is 4. The van der Waals surface area contributed by atoms with Crippen molar-refractivity contribution in [3.63, 3.8) is 0 Å². The molecule has 4 nitrogen and oxygen atoms in total. The van der Waals surface area contributed by atoms with Gasteiger partial charge in [0, 0.05) is 0 Å². The third-order valence-electron chi connectivity index (χ3n) is 3.03. The first-order chi connectivity index (χ1) is 10.3. The number of hydrogen-bond acceptors (Lipinski definition) is 3. The van der Waals surface area contributed by atoms with E-state index in [1.54, 1.807) is 4.57 Å². The average Bonchev–Trinajstić information content (AvgIpc) is 2.82. The number of alkyl halides is 3. The lowest BCUT2D eigenvalue weighted by molar-refractivity contribution is -0.137.